The highest BCUT2D eigenvalue weighted by atomic mass is 16.5. The Kier molecular flexibility index (Phi) is 6.42. The Labute approximate surface area is 159 Å². The molecule has 1 aromatic heterocycles. The van der Waals surface area contributed by atoms with Crippen LogP contribution in [-0.4, -0.2) is 47.3 Å². The lowest BCUT2D eigenvalue weighted by atomic mass is 9.99. The number of aromatic nitrogens is 1. The number of carboxylic acid groups (broad SMARTS) is 1. The fourth-order valence-corrected chi connectivity index (χ4v) is 3.58. The van der Waals surface area contributed by atoms with E-state index in [0.717, 1.165) is 35.3 Å². The maximum atomic E-state index is 11.9. The number of benzene rings is 1. The number of piperidine rings is 1. The minimum Gasteiger partial charge on any atom is -0.496 e. The SMILES string of the molecule is COc1ccc(C(C(=O)O)N2CCC(OCc3cccnc3)CC2)cc1C. The van der Waals surface area contributed by atoms with E-state index in [1.54, 1.807) is 13.3 Å². The molecule has 1 saturated heterocycles. The van der Waals surface area contributed by atoms with Gasteiger partial charge >= 0.3 is 5.97 Å². The number of rotatable bonds is 7. The molecule has 1 atom stereocenters. The van der Waals surface area contributed by atoms with Gasteiger partial charge in [0, 0.05) is 25.5 Å². The van der Waals surface area contributed by atoms with E-state index in [0.29, 0.717) is 19.7 Å². The lowest BCUT2D eigenvalue weighted by Crippen LogP contribution is -2.42. The molecule has 0 aliphatic carbocycles. The second kappa shape index (κ2) is 8.97. The minimum atomic E-state index is -0.825. The normalized spacial score (nSPS) is 16.8. The van der Waals surface area contributed by atoms with E-state index >= 15 is 0 Å². The van der Waals surface area contributed by atoms with E-state index < -0.39 is 12.0 Å². The summed E-state index contributed by atoms with van der Waals surface area (Å²) in [5, 5.41) is 9.80. The zero-order chi connectivity index (χ0) is 19.2. The molecule has 2 heterocycles. The molecule has 0 amide bonds. The van der Waals surface area contributed by atoms with E-state index in [4.69, 9.17) is 9.47 Å². The Morgan fingerprint density at radius 1 is 1.33 bits per heavy atom. The van der Waals surface area contributed by atoms with Gasteiger partial charge in [-0.2, -0.15) is 0 Å². The van der Waals surface area contributed by atoms with Crippen LogP contribution in [0.4, 0.5) is 0 Å². The van der Waals surface area contributed by atoms with Crippen molar-refractivity contribution in [2.75, 3.05) is 20.2 Å². The summed E-state index contributed by atoms with van der Waals surface area (Å²) in [7, 11) is 1.62. The van der Waals surface area contributed by atoms with Gasteiger partial charge in [0.1, 0.15) is 11.8 Å². The average molecular weight is 370 g/mol. The first-order chi connectivity index (χ1) is 13.1. The monoisotopic (exact) mass is 370 g/mol. The number of hydrogen-bond donors (Lipinski definition) is 1. The fourth-order valence-electron chi connectivity index (χ4n) is 3.58. The van der Waals surface area contributed by atoms with Gasteiger partial charge in [-0.3, -0.25) is 14.7 Å². The van der Waals surface area contributed by atoms with Crippen LogP contribution in [0.1, 0.15) is 35.6 Å². The Balaban J connectivity index is 1.60. The van der Waals surface area contributed by atoms with Crippen molar-refractivity contribution in [1.29, 1.82) is 0 Å². The average Bonchev–Trinajstić information content (AvgIpc) is 2.68. The van der Waals surface area contributed by atoms with Crippen molar-refractivity contribution in [3.8, 4) is 5.75 Å². The molecular formula is C21H26N2O4. The van der Waals surface area contributed by atoms with Crippen molar-refractivity contribution >= 4 is 5.97 Å². The van der Waals surface area contributed by atoms with Gasteiger partial charge < -0.3 is 14.6 Å². The summed E-state index contributed by atoms with van der Waals surface area (Å²) in [4.78, 5) is 18.1. The van der Waals surface area contributed by atoms with Gasteiger partial charge in [0.25, 0.3) is 0 Å². The van der Waals surface area contributed by atoms with Crippen LogP contribution in [0.15, 0.2) is 42.7 Å². The summed E-state index contributed by atoms with van der Waals surface area (Å²) in [5.41, 5.74) is 2.78. The van der Waals surface area contributed by atoms with Gasteiger partial charge in [0.05, 0.1) is 19.8 Å². The molecule has 6 nitrogen and oxygen atoms in total. The summed E-state index contributed by atoms with van der Waals surface area (Å²) in [5.74, 6) is -0.0558. The van der Waals surface area contributed by atoms with Crippen LogP contribution >= 0.6 is 0 Å². The molecule has 0 bridgehead atoms. The van der Waals surface area contributed by atoms with Crippen LogP contribution in [0.2, 0.25) is 0 Å². The van der Waals surface area contributed by atoms with Gasteiger partial charge in [-0.05, 0) is 48.6 Å². The van der Waals surface area contributed by atoms with Crippen molar-refractivity contribution in [3.63, 3.8) is 0 Å². The van der Waals surface area contributed by atoms with Crippen molar-refractivity contribution in [1.82, 2.24) is 9.88 Å². The van der Waals surface area contributed by atoms with Gasteiger partial charge in [0.15, 0.2) is 0 Å². The molecule has 144 valence electrons. The second-order valence-corrected chi connectivity index (χ2v) is 6.88. The first-order valence-corrected chi connectivity index (χ1v) is 9.20. The molecular weight excluding hydrogens is 344 g/mol. The number of likely N-dealkylation sites (tertiary alicyclic amines) is 1. The van der Waals surface area contributed by atoms with E-state index in [-0.39, 0.29) is 6.10 Å². The first-order valence-electron chi connectivity index (χ1n) is 9.20. The molecule has 0 saturated carbocycles. The first kappa shape index (κ1) is 19.3. The van der Waals surface area contributed by atoms with Crippen molar-refractivity contribution < 1.29 is 19.4 Å². The van der Waals surface area contributed by atoms with Gasteiger partial charge in [-0.25, -0.2) is 0 Å². The van der Waals surface area contributed by atoms with Crippen LogP contribution in [0.3, 0.4) is 0 Å². The van der Waals surface area contributed by atoms with Crippen LogP contribution in [0.5, 0.6) is 5.75 Å². The molecule has 1 aromatic carbocycles. The number of carbonyl (C=O) groups is 1. The second-order valence-electron chi connectivity index (χ2n) is 6.88. The van der Waals surface area contributed by atoms with Crippen LogP contribution in [0.25, 0.3) is 0 Å². The molecule has 0 radical (unpaired) electrons. The molecule has 2 aromatic rings. The number of pyridine rings is 1. The number of aliphatic carboxylic acids is 1. The van der Waals surface area contributed by atoms with Crippen LogP contribution in [0, 0.1) is 6.92 Å². The highest BCUT2D eigenvalue weighted by Crippen LogP contribution is 2.29. The van der Waals surface area contributed by atoms with Gasteiger partial charge in [0.2, 0.25) is 0 Å². The van der Waals surface area contributed by atoms with Crippen molar-refractivity contribution in [3.05, 3.63) is 59.4 Å². The summed E-state index contributed by atoms with van der Waals surface area (Å²) in [6.07, 6.45) is 5.34. The van der Waals surface area contributed by atoms with Gasteiger partial charge in [-0.1, -0.05) is 18.2 Å². The molecule has 1 fully saturated rings. The molecule has 1 unspecified atom stereocenters. The zero-order valence-corrected chi connectivity index (χ0v) is 15.8. The summed E-state index contributed by atoms with van der Waals surface area (Å²) >= 11 is 0. The van der Waals surface area contributed by atoms with E-state index in [1.807, 2.05) is 48.4 Å². The number of aryl methyl sites for hydroxylation is 1. The number of carboxylic acids is 1. The summed E-state index contributed by atoms with van der Waals surface area (Å²) < 4.78 is 11.3. The number of hydrogen-bond acceptors (Lipinski definition) is 5. The fraction of sp³-hybridized carbons (Fsp3) is 0.429. The van der Waals surface area contributed by atoms with E-state index in [2.05, 4.69) is 4.98 Å². The van der Waals surface area contributed by atoms with Crippen LogP contribution < -0.4 is 4.74 Å². The lowest BCUT2D eigenvalue weighted by molar-refractivity contribution is -0.145. The molecule has 1 aliphatic heterocycles. The Bertz CT molecular complexity index is 758. The van der Waals surface area contributed by atoms with Crippen molar-refractivity contribution in [2.24, 2.45) is 0 Å². The molecule has 1 aliphatic rings. The largest absolute Gasteiger partial charge is 0.496 e. The maximum Gasteiger partial charge on any atom is 0.325 e. The Hall–Kier alpha value is -2.44. The third-order valence-electron chi connectivity index (χ3n) is 5.02. The summed E-state index contributed by atoms with van der Waals surface area (Å²) in [6.45, 7) is 3.86. The standard InChI is InChI=1S/C21H26N2O4/c1-15-12-17(5-6-19(15)26-2)20(21(24)25)23-10-7-18(8-11-23)27-14-16-4-3-9-22-13-16/h3-6,9,12-13,18,20H,7-8,10-11,14H2,1-2H3,(H,24,25). The zero-order valence-electron chi connectivity index (χ0n) is 15.8. The molecule has 3 rings (SSSR count). The van der Waals surface area contributed by atoms with E-state index in [9.17, 15) is 9.90 Å². The minimum absolute atomic E-state index is 0.147. The predicted molar refractivity (Wildman–Crippen MR) is 102 cm³/mol. The summed E-state index contributed by atoms with van der Waals surface area (Å²) in [6, 6.07) is 8.83. The maximum absolute atomic E-state index is 11.9. The molecule has 0 spiro atoms. The number of ether oxygens (including phenoxy) is 2. The lowest BCUT2D eigenvalue weighted by Gasteiger charge is -2.35. The molecule has 1 N–H and O–H groups in total. The quantitative estimate of drug-likeness (QED) is 0.807. The molecule has 27 heavy (non-hydrogen) atoms. The van der Waals surface area contributed by atoms with E-state index in [1.165, 1.54) is 0 Å². The van der Waals surface area contributed by atoms with Crippen LogP contribution in [-0.2, 0) is 16.1 Å². The predicted octanol–water partition coefficient (Wildman–Crippen LogP) is 3.21. The molecule has 6 heteroatoms. The Morgan fingerprint density at radius 3 is 2.70 bits per heavy atom. The highest BCUT2D eigenvalue weighted by Gasteiger charge is 2.31. The third-order valence-corrected chi connectivity index (χ3v) is 5.02. The number of nitrogens with zero attached hydrogens (tertiary/aromatic N) is 2. The third kappa shape index (κ3) is 4.84. The topological polar surface area (TPSA) is 71.9 Å². The Morgan fingerprint density at radius 2 is 2.11 bits per heavy atom. The van der Waals surface area contributed by atoms with Crippen molar-refractivity contribution in [2.45, 2.75) is 38.5 Å². The van der Waals surface area contributed by atoms with Gasteiger partial charge in [-0.15, -0.1) is 0 Å². The highest BCUT2D eigenvalue weighted by molar-refractivity contribution is 5.75. The smallest absolute Gasteiger partial charge is 0.325 e. The number of methoxy groups -OCH3 is 1.